The van der Waals surface area contributed by atoms with Gasteiger partial charge in [-0.2, -0.15) is 0 Å². The highest BCUT2D eigenvalue weighted by Crippen LogP contribution is 2.36. The van der Waals surface area contributed by atoms with Crippen LogP contribution in [0, 0.1) is 6.92 Å². The van der Waals surface area contributed by atoms with E-state index in [1.807, 2.05) is 6.92 Å². The molecule has 0 fully saturated rings. The van der Waals surface area contributed by atoms with Crippen molar-refractivity contribution in [2.75, 3.05) is 13.7 Å². The van der Waals surface area contributed by atoms with E-state index >= 15 is 0 Å². The number of ether oxygens (including phenoxy) is 1. The maximum absolute atomic E-state index is 9.31. The van der Waals surface area contributed by atoms with E-state index in [1.54, 1.807) is 7.11 Å². The summed E-state index contributed by atoms with van der Waals surface area (Å²) in [5.41, 5.74) is 3.53. The molecule has 1 aromatic carbocycles. The fourth-order valence-electron chi connectivity index (χ4n) is 2.10. The molecule has 0 aliphatic rings. The molecule has 0 aliphatic carbocycles. The first-order valence-electron chi connectivity index (χ1n) is 5.81. The average molecular weight is 222 g/mol. The zero-order valence-corrected chi connectivity index (χ0v) is 10.9. The summed E-state index contributed by atoms with van der Waals surface area (Å²) >= 11 is 0. The van der Waals surface area contributed by atoms with Gasteiger partial charge in [-0.3, -0.25) is 0 Å². The number of methoxy groups -OCH3 is 1. The van der Waals surface area contributed by atoms with Gasteiger partial charge in [0.05, 0.1) is 7.11 Å². The number of hydrogen-bond acceptors (Lipinski definition) is 2. The van der Waals surface area contributed by atoms with Crippen LogP contribution in [0.25, 0.3) is 0 Å². The fourth-order valence-corrected chi connectivity index (χ4v) is 2.10. The van der Waals surface area contributed by atoms with Crippen molar-refractivity contribution < 1.29 is 9.84 Å². The lowest BCUT2D eigenvalue weighted by atomic mass is 9.90. The Bertz CT molecular complexity index is 356. The number of rotatable bonds is 4. The van der Waals surface area contributed by atoms with Gasteiger partial charge < -0.3 is 9.84 Å². The monoisotopic (exact) mass is 222 g/mol. The molecule has 1 N–H and O–H groups in total. The molecular weight excluding hydrogens is 200 g/mol. The van der Waals surface area contributed by atoms with E-state index in [0.29, 0.717) is 5.92 Å². The third-order valence-electron chi connectivity index (χ3n) is 3.04. The lowest BCUT2D eigenvalue weighted by Crippen LogP contribution is -2.07. The van der Waals surface area contributed by atoms with Gasteiger partial charge in [0.25, 0.3) is 0 Å². The molecular formula is C14H22O2. The van der Waals surface area contributed by atoms with E-state index in [4.69, 9.17) is 4.74 Å². The Labute approximate surface area is 98.3 Å². The van der Waals surface area contributed by atoms with E-state index in [-0.39, 0.29) is 12.5 Å². The second-order valence-corrected chi connectivity index (χ2v) is 4.66. The Kier molecular flexibility index (Phi) is 4.36. The molecule has 1 rings (SSSR count). The summed E-state index contributed by atoms with van der Waals surface area (Å²) < 4.78 is 5.53. The molecule has 0 bridgehead atoms. The summed E-state index contributed by atoms with van der Waals surface area (Å²) in [5, 5.41) is 9.31. The SMILES string of the molecule is COc1c(C(C)C)ccc(C)c1C(C)CO. The highest BCUT2D eigenvalue weighted by molar-refractivity contribution is 5.49. The molecule has 1 unspecified atom stereocenters. The van der Waals surface area contributed by atoms with E-state index < -0.39 is 0 Å². The molecule has 0 aliphatic heterocycles. The molecule has 0 saturated heterocycles. The largest absolute Gasteiger partial charge is 0.496 e. The minimum atomic E-state index is 0.119. The molecule has 1 atom stereocenters. The van der Waals surface area contributed by atoms with Gasteiger partial charge in [0, 0.05) is 18.1 Å². The Balaban J connectivity index is 3.38. The smallest absolute Gasteiger partial charge is 0.126 e. The zero-order chi connectivity index (χ0) is 12.3. The van der Waals surface area contributed by atoms with Crippen molar-refractivity contribution >= 4 is 0 Å². The van der Waals surface area contributed by atoms with E-state index in [2.05, 4.69) is 32.9 Å². The number of aliphatic hydroxyl groups excluding tert-OH is 1. The van der Waals surface area contributed by atoms with Crippen LogP contribution in [0.4, 0.5) is 0 Å². The van der Waals surface area contributed by atoms with Crippen LogP contribution in [0.1, 0.15) is 49.3 Å². The second kappa shape index (κ2) is 5.35. The fraction of sp³-hybridized carbons (Fsp3) is 0.571. The van der Waals surface area contributed by atoms with Crippen molar-refractivity contribution in [1.29, 1.82) is 0 Å². The summed E-state index contributed by atoms with van der Waals surface area (Å²) in [6.45, 7) is 8.54. The maximum atomic E-state index is 9.31. The summed E-state index contributed by atoms with van der Waals surface area (Å²) in [5.74, 6) is 1.49. The predicted octanol–water partition coefficient (Wildman–Crippen LogP) is 3.22. The molecule has 2 heteroatoms. The predicted molar refractivity (Wildman–Crippen MR) is 67.3 cm³/mol. The Morgan fingerprint density at radius 3 is 2.31 bits per heavy atom. The molecule has 0 spiro atoms. The zero-order valence-electron chi connectivity index (χ0n) is 10.9. The molecule has 0 amide bonds. The molecule has 2 nitrogen and oxygen atoms in total. The summed E-state index contributed by atoms with van der Waals surface area (Å²) in [6, 6.07) is 4.23. The van der Waals surface area contributed by atoms with E-state index in [9.17, 15) is 5.11 Å². The van der Waals surface area contributed by atoms with Gasteiger partial charge in [0.15, 0.2) is 0 Å². The molecule has 16 heavy (non-hydrogen) atoms. The third-order valence-corrected chi connectivity index (χ3v) is 3.04. The van der Waals surface area contributed by atoms with Gasteiger partial charge >= 0.3 is 0 Å². The van der Waals surface area contributed by atoms with Crippen LogP contribution in [-0.4, -0.2) is 18.8 Å². The first-order chi connectivity index (χ1) is 7.52. The van der Waals surface area contributed by atoms with Crippen molar-refractivity contribution in [1.82, 2.24) is 0 Å². The first kappa shape index (κ1) is 13.0. The summed E-state index contributed by atoms with van der Waals surface area (Å²) in [6.07, 6.45) is 0. The standard InChI is InChI=1S/C14H22O2/c1-9(2)12-7-6-10(3)13(11(4)8-15)14(12)16-5/h6-7,9,11,15H,8H2,1-5H3. The number of benzene rings is 1. The lowest BCUT2D eigenvalue weighted by molar-refractivity contribution is 0.269. The van der Waals surface area contributed by atoms with Gasteiger partial charge in [-0.1, -0.05) is 32.9 Å². The van der Waals surface area contributed by atoms with Crippen molar-refractivity contribution in [3.05, 3.63) is 28.8 Å². The first-order valence-corrected chi connectivity index (χ1v) is 5.81. The van der Waals surface area contributed by atoms with Gasteiger partial charge in [-0.05, 0) is 24.0 Å². The minimum Gasteiger partial charge on any atom is -0.496 e. The quantitative estimate of drug-likeness (QED) is 0.847. The van der Waals surface area contributed by atoms with Crippen molar-refractivity contribution in [3.63, 3.8) is 0 Å². The maximum Gasteiger partial charge on any atom is 0.126 e. The molecule has 90 valence electrons. The normalized spacial score (nSPS) is 12.9. The van der Waals surface area contributed by atoms with Gasteiger partial charge in [0.2, 0.25) is 0 Å². The molecule has 0 heterocycles. The van der Waals surface area contributed by atoms with Crippen LogP contribution in [0.3, 0.4) is 0 Å². The topological polar surface area (TPSA) is 29.5 Å². The van der Waals surface area contributed by atoms with Crippen LogP contribution < -0.4 is 4.74 Å². The second-order valence-electron chi connectivity index (χ2n) is 4.66. The molecule has 0 aromatic heterocycles. The van der Waals surface area contributed by atoms with E-state index in [0.717, 1.165) is 11.3 Å². The van der Waals surface area contributed by atoms with Crippen LogP contribution >= 0.6 is 0 Å². The minimum absolute atomic E-state index is 0.119. The highest BCUT2D eigenvalue weighted by Gasteiger charge is 2.18. The molecule has 1 aromatic rings. The van der Waals surface area contributed by atoms with Gasteiger partial charge in [-0.15, -0.1) is 0 Å². The molecule has 0 radical (unpaired) electrons. The van der Waals surface area contributed by atoms with Crippen molar-refractivity contribution in [2.45, 2.75) is 39.5 Å². The van der Waals surface area contributed by atoms with Crippen molar-refractivity contribution in [2.24, 2.45) is 0 Å². The molecule has 0 saturated carbocycles. The van der Waals surface area contributed by atoms with Gasteiger partial charge in [0.1, 0.15) is 5.75 Å². The Hall–Kier alpha value is -1.02. The van der Waals surface area contributed by atoms with Crippen molar-refractivity contribution in [3.8, 4) is 5.75 Å². The van der Waals surface area contributed by atoms with Crippen LogP contribution in [-0.2, 0) is 0 Å². The Morgan fingerprint density at radius 2 is 1.88 bits per heavy atom. The number of hydrogen-bond donors (Lipinski definition) is 1. The lowest BCUT2D eigenvalue weighted by Gasteiger charge is -2.21. The van der Waals surface area contributed by atoms with E-state index in [1.165, 1.54) is 11.1 Å². The van der Waals surface area contributed by atoms with Crippen LogP contribution in [0.5, 0.6) is 5.75 Å². The summed E-state index contributed by atoms with van der Waals surface area (Å²) in [7, 11) is 1.70. The third kappa shape index (κ3) is 2.38. The summed E-state index contributed by atoms with van der Waals surface area (Å²) in [4.78, 5) is 0. The number of aliphatic hydroxyl groups is 1. The van der Waals surface area contributed by atoms with Gasteiger partial charge in [-0.25, -0.2) is 0 Å². The van der Waals surface area contributed by atoms with Crippen LogP contribution in [0.15, 0.2) is 12.1 Å². The average Bonchev–Trinajstić information content (AvgIpc) is 2.26. The number of aryl methyl sites for hydroxylation is 1. The van der Waals surface area contributed by atoms with Crippen LogP contribution in [0.2, 0.25) is 0 Å². The Morgan fingerprint density at radius 1 is 1.25 bits per heavy atom. The highest BCUT2D eigenvalue weighted by atomic mass is 16.5.